The predicted octanol–water partition coefficient (Wildman–Crippen LogP) is 5.78. The van der Waals surface area contributed by atoms with Gasteiger partial charge in [-0.1, -0.05) is 72.4 Å². The van der Waals surface area contributed by atoms with E-state index in [1.54, 1.807) is 0 Å². The minimum Gasteiger partial charge on any atom is -0.376 e. The van der Waals surface area contributed by atoms with Crippen molar-refractivity contribution in [1.29, 1.82) is 0 Å². The average Bonchev–Trinajstić information content (AvgIpc) is 2.95. The smallest absolute Gasteiger partial charge is 0.0765 e. The zero-order valence-electron chi connectivity index (χ0n) is 15.1. The first-order valence-corrected chi connectivity index (χ1v) is 9.43. The average molecular weight is 352 g/mol. The van der Waals surface area contributed by atoms with E-state index in [-0.39, 0.29) is 4.75 Å². The van der Waals surface area contributed by atoms with Gasteiger partial charge in [0, 0.05) is 18.0 Å². The number of allylic oxidation sites excluding steroid dienone is 1. The second kappa shape index (κ2) is 7.94. The molecule has 0 radical (unpaired) electrons. The Morgan fingerprint density at radius 1 is 1.08 bits per heavy atom. The molecule has 0 saturated heterocycles. The van der Waals surface area contributed by atoms with Gasteiger partial charge in [0.05, 0.1) is 23.0 Å². The Kier molecular flexibility index (Phi) is 5.67. The Labute approximate surface area is 154 Å². The summed E-state index contributed by atoms with van der Waals surface area (Å²) in [5.74, 6) is 0. The molecule has 3 rings (SSSR count). The van der Waals surface area contributed by atoms with Crippen molar-refractivity contribution in [2.45, 2.75) is 23.6 Å². The van der Waals surface area contributed by atoms with E-state index in [9.17, 15) is 0 Å². The van der Waals surface area contributed by atoms with E-state index >= 15 is 0 Å². The highest BCUT2D eigenvalue weighted by atomic mass is 32.2. The monoisotopic (exact) mass is 351 g/mol. The highest BCUT2D eigenvalue weighted by Crippen LogP contribution is 2.43. The second-order valence-corrected chi connectivity index (χ2v) is 7.91. The Balaban J connectivity index is 1.92. The molecule has 130 valence electrons. The van der Waals surface area contributed by atoms with Gasteiger partial charge in [-0.15, -0.1) is 0 Å². The maximum atomic E-state index is 5.96. The van der Waals surface area contributed by atoms with Crippen LogP contribution in [0.3, 0.4) is 0 Å². The van der Waals surface area contributed by atoms with Gasteiger partial charge in [-0.25, -0.2) is 0 Å². The van der Waals surface area contributed by atoms with Gasteiger partial charge < -0.3 is 9.30 Å². The molecular weight excluding hydrogens is 326 g/mol. The van der Waals surface area contributed by atoms with Crippen LogP contribution in [-0.2, 0) is 16.5 Å². The number of aromatic nitrogens is 1. The minimum atomic E-state index is -0.148. The molecule has 3 heteroatoms. The fraction of sp³-hybridized carbons (Fsp3) is 0.273. The van der Waals surface area contributed by atoms with E-state index in [2.05, 4.69) is 79.2 Å². The molecular formula is C22H25NOS. The first-order valence-electron chi connectivity index (χ1n) is 8.62. The Morgan fingerprint density at radius 2 is 1.80 bits per heavy atom. The largest absolute Gasteiger partial charge is 0.376 e. The topological polar surface area (TPSA) is 14.2 Å². The van der Waals surface area contributed by atoms with Crippen LogP contribution < -0.4 is 0 Å². The Morgan fingerprint density at radius 3 is 2.52 bits per heavy atom. The van der Waals surface area contributed by atoms with Gasteiger partial charge in [-0.3, -0.25) is 0 Å². The van der Waals surface area contributed by atoms with Gasteiger partial charge in [0.15, 0.2) is 0 Å². The maximum Gasteiger partial charge on any atom is 0.0765 e. The number of hydrogen-bond donors (Lipinski definition) is 0. The van der Waals surface area contributed by atoms with Crippen LogP contribution in [0.1, 0.15) is 19.4 Å². The van der Waals surface area contributed by atoms with Crippen LogP contribution in [0.2, 0.25) is 0 Å². The van der Waals surface area contributed by atoms with Crippen molar-refractivity contribution < 1.29 is 4.74 Å². The summed E-state index contributed by atoms with van der Waals surface area (Å²) in [6.07, 6.45) is 4.07. The zero-order valence-corrected chi connectivity index (χ0v) is 15.9. The lowest BCUT2D eigenvalue weighted by Crippen LogP contribution is -2.25. The standard InChI is InChI=1S/C22H25NOS/c1-4-5-15-24-17-22(2,19-12-7-6-8-13-19)25-21-16-18-11-9-10-14-20(18)23(21)3/h4-14,16H,15,17H2,1-3H3. The summed E-state index contributed by atoms with van der Waals surface area (Å²) in [6, 6.07) is 21.4. The van der Waals surface area contributed by atoms with Gasteiger partial charge in [-0.2, -0.15) is 0 Å². The van der Waals surface area contributed by atoms with Crippen molar-refractivity contribution >= 4 is 22.7 Å². The molecule has 1 heterocycles. The third kappa shape index (κ3) is 4.00. The molecule has 0 amide bonds. The molecule has 0 bridgehead atoms. The van der Waals surface area contributed by atoms with Crippen LogP contribution in [0.5, 0.6) is 0 Å². The van der Waals surface area contributed by atoms with E-state index in [1.165, 1.54) is 21.5 Å². The van der Waals surface area contributed by atoms with Gasteiger partial charge in [0.2, 0.25) is 0 Å². The molecule has 1 unspecified atom stereocenters. The summed E-state index contributed by atoms with van der Waals surface area (Å²) >= 11 is 1.87. The SMILES string of the molecule is CC=CCOCC(C)(Sc1cc2ccccc2n1C)c1ccccc1. The number of rotatable bonds is 7. The summed E-state index contributed by atoms with van der Waals surface area (Å²) in [5, 5.41) is 2.53. The minimum absolute atomic E-state index is 0.148. The van der Waals surface area contributed by atoms with Crippen LogP contribution in [-0.4, -0.2) is 17.8 Å². The molecule has 0 spiro atoms. The Hall–Kier alpha value is -1.97. The second-order valence-electron chi connectivity index (χ2n) is 6.38. The molecule has 0 aliphatic heterocycles. The normalized spacial score (nSPS) is 14.2. The summed E-state index contributed by atoms with van der Waals surface area (Å²) in [7, 11) is 2.14. The van der Waals surface area contributed by atoms with Gasteiger partial charge in [0.1, 0.15) is 0 Å². The van der Waals surface area contributed by atoms with E-state index in [1.807, 2.05) is 30.8 Å². The summed E-state index contributed by atoms with van der Waals surface area (Å²) < 4.78 is 8.09. The lowest BCUT2D eigenvalue weighted by molar-refractivity contribution is 0.140. The number of benzene rings is 2. The van der Waals surface area contributed by atoms with Crippen molar-refractivity contribution in [2.75, 3.05) is 13.2 Å². The highest BCUT2D eigenvalue weighted by molar-refractivity contribution is 8.00. The molecule has 25 heavy (non-hydrogen) atoms. The van der Waals surface area contributed by atoms with Crippen LogP contribution in [0.15, 0.2) is 77.8 Å². The number of hydrogen-bond acceptors (Lipinski definition) is 2. The zero-order chi connectivity index (χ0) is 17.7. The number of nitrogens with zero attached hydrogens (tertiary/aromatic N) is 1. The number of aryl methyl sites for hydroxylation is 1. The first kappa shape index (κ1) is 17.8. The fourth-order valence-electron chi connectivity index (χ4n) is 2.97. The first-order chi connectivity index (χ1) is 12.1. The number of thioether (sulfide) groups is 1. The van der Waals surface area contributed by atoms with Crippen molar-refractivity contribution in [3.8, 4) is 0 Å². The molecule has 0 aliphatic carbocycles. The molecule has 1 atom stereocenters. The van der Waals surface area contributed by atoms with E-state index in [0.29, 0.717) is 13.2 Å². The maximum absolute atomic E-state index is 5.96. The molecule has 0 N–H and O–H groups in total. The lowest BCUT2D eigenvalue weighted by Gasteiger charge is -2.29. The summed E-state index contributed by atoms with van der Waals surface area (Å²) in [5.41, 5.74) is 2.54. The quantitative estimate of drug-likeness (QED) is 0.304. The van der Waals surface area contributed by atoms with Crippen molar-refractivity contribution in [3.05, 3.63) is 78.4 Å². The van der Waals surface area contributed by atoms with Crippen molar-refractivity contribution in [1.82, 2.24) is 4.57 Å². The van der Waals surface area contributed by atoms with E-state index < -0.39 is 0 Å². The number of para-hydroxylation sites is 1. The highest BCUT2D eigenvalue weighted by Gasteiger charge is 2.29. The van der Waals surface area contributed by atoms with Gasteiger partial charge in [-0.05, 0) is 31.5 Å². The van der Waals surface area contributed by atoms with Crippen LogP contribution in [0, 0.1) is 0 Å². The van der Waals surface area contributed by atoms with Crippen molar-refractivity contribution in [2.24, 2.45) is 7.05 Å². The van der Waals surface area contributed by atoms with Crippen LogP contribution >= 0.6 is 11.8 Å². The lowest BCUT2D eigenvalue weighted by atomic mass is 10.0. The molecule has 0 fully saturated rings. The molecule has 1 aromatic heterocycles. The third-order valence-electron chi connectivity index (χ3n) is 4.45. The van der Waals surface area contributed by atoms with Crippen LogP contribution in [0.25, 0.3) is 10.9 Å². The van der Waals surface area contributed by atoms with Crippen molar-refractivity contribution in [3.63, 3.8) is 0 Å². The summed E-state index contributed by atoms with van der Waals surface area (Å²) in [6.45, 7) is 5.59. The van der Waals surface area contributed by atoms with Gasteiger partial charge >= 0.3 is 0 Å². The molecule has 2 aromatic carbocycles. The molecule has 0 saturated carbocycles. The summed E-state index contributed by atoms with van der Waals surface area (Å²) in [4.78, 5) is 0. The fourth-order valence-corrected chi connectivity index (χ4v) is 4.25. The Bertz CT molecular complexity index is 853. The number of fused-ring (bicyclic) bond motifs is 1. The van der Waals surface area contributed by atoms with E-state index in [0.717, 1.165) is 0 Å². The predicted molar refractivity (Wildman–Crippen MR) is 108 cm³/mol. The van der Waals surface area contributed by atoms with Crippen LogP contribution in [0.4, 0.5) is 0 Å². The van der Waals surface area contributed by atoms with Gasteiger partial charge in [0.25, 0.3) is 0 Å². The third-order valence-corrected chi connectivity index (χ3v) is 5.85. The molecule has 3 aromatic rings. The number of ether oxygens (including phenoxy) is 1. The molecule has 0 aliphatic rings. The van der Waals surface area contributed by atoms with E-state index in [4.69, 9.17) is 4.74 Å². The molecule has 2 nitrogen and oxygen atoms in total.